The van der Waals surface area contributed by atoms with Crippen LogP contribution in [-0.2, 0) is 10.0 Å². The molecule has 6 heteroatoms. The molecule has 1 unspecified atom stereocenters. The van der Waals surface area contributed by atoms with E-state index < -0.39 is 15.8 Å². The van der Waals surface area contributed by atoms with Crippen LogP contribution < -0.4 is 5.73 Å². The Balaban J connectivity index is 3.38. The first-order chi connectivity index (χ1) is 9.34. The number of nitrogens with zero attached hydrogens (tertiary/aromatic N) is 1. The van der Waals surface area contributed by atoms with Crippen molar-refractivity contribution < 1.29 is 12.8 Å². The van der Waals surface area contributed by atoms with Crippen LogP contribution in [0.5, 0.6) is 0 Å². The second-order valence-electron chi connectivity index (χ2n) is 4.42. The maximum Gasteiger partial charge on any atom is 0.244 e. The van der Waals surface area contributed by atoms with Gasteiger partial charge in [-0.05, 0) is 31.5 Å². The third-order valence-electron chi connectivity index (χ3n) is 3.14. The highest BCUT2D eigenvalue weighted by Crippen LogP contribution is 2.22. The van der Waals surface area contributed by atoms with E-state index in [0.29, 0.717) is 6.42 Å². The number of hydrogen-bond donors (Lipinski definition) is 1. The second-order valence-corrected chi connectivity index (χ2v) is 6.39. The van der Waals surface area contributed by atoms with Gasteiger partial charge in [0.25, 0.3) is 0 Å². The monoisotopic (exact) mass is 298 g/mol. The minimum atomic E-state index is -3.70. The van der Waals surface area contributed by atoms with Gasteiger partial charge in [-0.3, -0.25) is 0 Å². The first kappa shape index (κ1) is 16.6. The van der Waals surface area contributed by atoms with E-state index in [-0.39, 0.29) is 23.0 Å². The molecule has 110 valence electrons. The van der Waals surface area contributed by atoms with Crippen molar-refractivity contribution >= 4 is 10.0 Å². The maximum absolute atomic E-state index is 13.3. The Morgan fingerprint density at radius 2 is 2.10 bits per heavy atom. The molecule has 20 heavy (non-hydrogen) atoms. The third kappa shape index (κ3) is 3.57. The van der Waals surface area contributed by atoms with Crippen LogP contribution in [0.3, 0.4) is 0 Å². The molecule has 1 rings (SSSR count). The molecule has 1 atom stereocenters. The SMILES string of the molecule is CCC(C)N(C)S(=O)(=O)c1ccc(F)cc1C#CCN. The normalized spacial score (nSPS) is 12.9. The van der Waals surface area contributed by atoms with Gasteiger partial charge in [-0.25, -0.2) is 12.8 Å². The summed E-state index contributed by atoms with van der Waals surface area (Å²) in [5, 5.41) is 0. The third-order valence-corrected chi connectivity index (χ3v) is 5.17. The number of halogens is 1. The molecule has 0 aromatic heterocycles. The van der Waals surface area contributed by atoms with Crippen molar-refractivity contribution in [2.24, 2.45) is 5.73 Å². The van der Waals surface area contributed by atoms with Crippen molar-refractivity contribution in [3.8, 4) is 11.8 Å². The summed E-state index contributed by atoms with van der Waals surface area (Å²) in [7, 11) is -2.20. The lowest BCUT2D eigenvalue weighted by Crippen LogP contribution is -2.35. The molecule has 1 aromatic carbocycles. The molecule has 0 saturated carbocycles. The molecule has 0 radical (unpaired) electrons. The van der Waals surface area contributed by atoms with Gasteiger partial charge >= 0.3 is 0 Å². The fraction of sp³-hybridized carbons (Fsp3) is 0.429. The first-order valence-corrected chi connectivity index (χ1v) is 7.75. The standard InChI is InChI=1S/C14H19FN2O2S/c1-4-11(2)17(3)20(18,19)14-8-7-13(15)10-12(14)6-5-9-16/h7-8,10-11H,4,9,16H2,1-3H3. The Bertz CT molecular complexity index is 632. The van der Waals surface area contributed by atoms with E-state index in [1.165, 1.54) is 17.4 Å². The minimum Gasteiger partial charge on any atom is -0.320 e. The number of nitrogens with two attached hydrogens (primary N) is 1. The van der Waals surface area contributed by atoms with Gasteiger partial charge in [-0.15, -0.1) is 0 Å². The molecule has 0 amide bonds. The molecule has 0 heterocycles. The molecule has 0 aliphatic rings. The predicted octanol–water partition coefficient (Wildman–Crippen LogP) is 1.55. The van der Waals surface area contributed by atoms with Crippen LogP contribution in [0, 0.1) is 17.7 Å². The minimum absolute atomic E-state index is 0.00245. The zero-order valence-corrected chi connectivity index (χ0v) is 12.7. The van der Waals surface area contributed by atoms with Crippen molar-refractivity contribution in [2.45, 2.75) is 31.2 Å². The van der Waals surface area contributed by atoms with E-state index in [1.807, 2.05) is 13.8 Å². The van der Waals surface area contributed by atoms with Crippen molar-refractivity contribution in [3.05, 3.63) is 29.6 Å². The summed E-state index contributed by atoms with van der Waals surface area (Å²) in [6.07, 6.45) is 0.681. The number of hydrogen-bond acceptors (Lipinski definition) is 3. The Labute approximate surface area is 119 Å². The Kier molecular flexibility index (Phi) is 5.69. The highest BCUT2D eigenvalue weighted by molar-refractivity contribution is 7.89. The quantitative estimate of drug-likeness (QED) is 0.858. The lowest BCUT2D eigenvalue weighted by atomic mass is 10.2. The predicted molar refractivity (Wildman–Crippen MR) is 77.0 cm³/mol. The smallest absolute Gasteiger partial charge is 0.244 e. The van der Waals surface area contributed by atoms with E-state index in [0.717, 1.165) is 12.1 Å². The van der Waals surface area contributed by atoms with E-state index in [4.69, 9.17) is 5.73 Å². The Hall–Kier alpha value is -1.42. The topological polar surface area (TPSA) is 63.4 Å². The van der Waals surface area contributed by atoms with Crippen molar-refractivity contribution in [1.29, 1.82) is 0 Å². The second kappa shape index (κ2) is 6.84. The molecular formula is C14H19FN2O2S. The lowest BCUT2D eigenvalue weighted by molar-refractivity contribution is 0.380. The van der Waals surface area contributed by atoms with Crippen LogP contribution in [0.25, 0.3) is 0 Å². The van der Waals surface area contributed by atoms with E-state index in [9.17, 15) is 12.8 Å². The van der Waals surface area contributed by atoms with Gasteiger partial charge in [0.15, 0.2) is 0 Å². The highest BCUT2D eigenvalue weighted by Gasteiger charge is 2.26. The average Bonchev–Trinajstić information content (AvgIpc) is 2.43. The summed E-state index contributed by atoms with van der Waals surface area (Å²) in [6.45, 7) is 3.79. The van der Waals surface area contributed by atoms with Crippen molar-refractivity contribution in [2.75, 3.05) is 13.6 Å². The molecule has 2 N–H and O–H groups in total. The molecule has 0 fully saturated rings. The molecule has 0 aliphatic heterocycles. The first-order valence-electron chi connectivity index (χ1n) is 6.31. The largest absolute Gasteiger partial charge is 0.320 e. The highest BCUT2D eigenvalue weighted by atomic mass is 32.2. The molecular weight excluding hydrogens is 279 g/mol. The van der Waals surface area contributed by atoms with Crippen molar-refractivity contribution in [1.82, 2.24) is 4.31 Å². The fourth-order valence-electron chi connectivity index (χ4n) is 1.62. The molecule has 1 aromatic rings. The van der Waals surface area contributed by atoms with E-state index in [1.54, 1.807) is 0 Å². The number of rotatable bonds is 4. The van der Waals surface area contributed by atoms with Gasteiger partial charge in [0.1, 0.15) is 5.82 Å². The maximum atomic E-state index is 13.3. The average molecular weight is 298 g/mol. The molecule has 0 spiro atoms. The molecule has 0 bridgehead atoms. The van der Waals surface area contributed by atoms with Gasteiger partial charge in [-0.1, -0.05) is 18.8 Å². The molecule has 0 saturated heterocycles. The van der Waals surface area contributed by atoms with E-state index in [2.05, 4.69) is 11.8 Å². The van der Waals surface area contributed by atoms with Gasteiger partial charge in [-0.2, -0.15) is 4.31 Å². The summed E-state index contributed by atoms with van der Waals surface area (Å²) >= 11 is 0. The van der Waals surface area contributed by atoms with E-state index >= 15 is 0 Å². The van der Waals surface area contributed by atoms with Gasteiger partial charge in [0.05, 0.1) is 11.4 Å². The zero-order valence-electron chi connectivity index (χ0n) is 11.9. The van der Waals surface area contributed by atoms with Crippen LogP contribution in [0.4, 0.5) is 4.39 Å². The summed E-state index contributed by atoms with van der Waals surface area (Å²) in [5.41, 5.74) is 5.41. The van der Waals surface area contributed by atoms with Crippen LogP contribution in [-0.4, -0.2) is 32.4 Å². The fourth-order valence-corrected chi connectivity index (χ4v) is 3.18. The zero-order chi connectivity index (χ0) is 15.3. The number of benzene rings is 1. The Morgan fingerprint density at radius 3 is 2.65 bits per heavy atom. The summed E-state index contributed by atoms with van der Waals surface area (Å²) in [4.78, 5) is 0.00245. The van der Waals surface area contributed by atoms with Gasteiger partial charge in [0, 0.05) is 18.7 Å². The molecule has 4 nitrogen and oxygen atoms in total. The summed E-state index contributed by atoms with van der Waals surface area (Å²) in [6, 6.07) is 3.31. The van der Waals surface area contributed by atoms with Crippen LogP contribution in [0.15, 0.2) is 23.1 Å². The summed E-state index contributed by atoms with van der Waals surface area (Å²) in [5.74, 6) is 4.63. The number of sulfonamides is 1. The van der Waals surface area contributed by atoms with Crippen LogP contribution in [0.2, 0.25) is 0 Å². The van der Waals surface area contributed by atoms with Crippen LogP contribution in [0.1, 0.15) is 25.8 Å². The summed E-state index contributed by atoms with van der Waals surface area (Å²) < 4.78 is 39.6. The van der Waals surface area contributed by atoms with Gasteiger partial charge in [0.2, 0.25) is 10.0 Å². The lowest BCUT2D eigenvalue weighted by Gasteiger charge is -2.23. The van der Waals surface area contributed by atoms with Gasteiger partial charge < -0.3 is 5.73 Å². The van der Waals surface area contributed by atoms with Crippen molar-refractivity contribution in [3.63, 3.8) is 0 Å². The Morgan fingerprint density at radius 1 is 1.45 bits per heavy atom. The van der Waals surface area contributed by atoms with Crippen LogP contribution >= 0.6 is 0 Å². The molecule has 0 aliphatic carbocycles.